The molecule has 1 saturated carbocycles. The van der Waals surface area contributed by atoms with Gasteiger partial charge < -0.3 is 15.2 Å². The molecule has 126 valence electrons. The van der Waals surface area contributed by atoms with Crippen molar-refractivity contribution in [3.63, 3.8) is 0 Å². The van der Waals surface area contributed by atoms with Crippen LogP contribution in [0.4, 0.5) is 13.2 Å². The highest BCUT2D eigenvalue weighted by Gasteiger charge is 2.31. The number of alkyl halides is 3. The second-order valence-corrected chi connectivity index (χ2v) is 5.33. The second-order valence-electron chi connectivity index (χ2n) is 5.33. The van der Waals surface area contributed by atoms with E-state index in [0.29, 0.717) is 12.3 Å². The van der Waals surface area contributed by atoms with Gasteiger partial charge in [0.1, 0.15) is 6.04 Å². The van der Waals surface area contributed by atoms with Crippen molar-refractivity contribution in [2.75, 3.05) is 6.61 Å². The molecule has 0 aromatic carbocycles. The number of hydrogen-bond acceptors (Lipinski definition) is 4. The molecule has 0 aliphatic heterocycles. The molecule has 23 heavy (non-hydrogen) atoms. The summed E-state index contributed by atoms with van der Waals surface area (Å²) in [5.41, 5.74) is 0.0476. The molecular weight excluding hydrogens is 317 g/mol. The number of pyridine rings is 1. The number of ether oxygens (including phenoxy) is 1. The summed E-state index contributed by atoms with van der Waals surface area (Å²) >= 11 is 0. The highest BCUT2D eigenvalue weighted by Crippen LogP contribution is 2.33. The number of carboxylic acid groups (broad SMARTS) is 1. The lowest BCUT2D eigenvalue weighted by Gasteiger charge is -2.14. The van der Waals surface area contributed by atoms with Gasteiger partial charge >= 0.3 is 12.1 Å². The lowest BCUT2D eigenvalue weighted by Crippen LogP contribution is -2.41. The first-order valence-corrected chi connectivity index (χ1v) is 6.94. The summed E-state index contributed by atoms with van der Waals surface area (Å²) in [6, 6.07) is 1.36. The topological polar surface area (TPSA) is 88.5 Å². The van der Waals surface area contributed by atoms with E-state index in [9.17, 15) is 22.8 Å². The molecule has 1 aliphatic rings. The van der Waals surface area contributed by atoms with Crippen LogP contribution in [0.2, 0.25) is 0 Å². The van der Waals surface area contributed by atoms with E-state index in [1.54, 1.807) is 0 Å². The first-order valence-electron chi connectivity index (χ1n) is 6.94. The standard InChI is InChI=1S/C14H15F3N2O4/c15-14(16,17)7-23-11-4-3-9(6-18-11)12(20)19-10(13(21)22)5-8-1-2-8/h3-4,6,8,10H,1-2,5,7H2,(H,19,20)(H,21,22). The summed E-state index contributed by atoms with van der Waals surface area (Å²) in [6.45, 7) is -1.48. The summed E-state index contributed by atoms with van der Waals surface area (Å²) in [5, 5.41) is 11.5. The largest absolute Gasteiger partial charge is 0.480 e. The van der Waals surface area contributed by atoms with Crippen LogP contribution in [0.15, 0.2) is 18.3 Å². The number of halogens is 3. The highest BCUT2D eigenvalue weighted by molar-refractivity contribution is 5.96. The third kappa shape index (κ3) is 5.76. The number of carboxylic acids is 1. The minimum absolute atomic E-state index is 0.0476. The van der Waals surface area contributed by atoms with E-state index < -0.39 is 30.7 Å². The maximum atomic E-state index is 12.0. The van der Waals surface area contributed by atoms with Crippen LogP contribution < -0.4 is 10.1 Å². The van der Waals surface area contributed by atoms with Crippen LogP contribution in [0.3, 0.4) is 0 Å². The van der Waals surface area contributed by atoms with E-state index in [2.05, 4.69) is 15.0 Å². The molecule has 1 aromatic heterocycles. The summed E-state index contributed by atoms with van der Waals surface area (Å²) < 4.78 is 40.4. The van der Waals surface area contributed by atoms with Crippen LogP contribution >= 0.6 is 0 Å². The van der Waals surface area contributed by atoms with Crippen molar-refractivity contribution >= 4 is 11.9 Å². The third-order valence-corrected chi connectivity index (χ3v) is 3.25. The highest BCUT2D eigenvalue weighted by atomic mass is 19.4. The predicted molar refractivity (Wildman–Crippen MR) is 72.0 cm³/mol. The maximum absolute atomic E-state index is 12.0. The zero-order valence-electron chi connectivity index (χ0n) is 12.0. The molecule has 9 heteroatoms. The van der Waals surface area contributed by atoms with Crippen LogP contribution in [0.1, 0.15) is 29.6 Å². The Bertz CT molecular complexity index is 570. The molecule has 1 unspecified atom stereocenters. The van der Waals surface area contributed by atoms with Gasteiger partial charge in [0, 0.05) is 12.3 Å². The van der Waals surface area contributed by atoms with E-state index in [1.165, 1.54) is 6.07 Å². The number of aromatic nitrogens is 1. The normalized spacial score (nSPS) is 15.8. The van der Waals surface area contributed by atoms with Gasteiger partial charge in [0.15, 0.2) is 6.61 Å². The van der Waals surface area contributed by atoms with Crippen LogP contribution in [-0.2, 0) is 4.79 Å². The molecule has 0 saturated heterocycles. The predicted octanol–water partition coefficient (Wildman–Crippen LogP) is 2.01. The summed E-state index contributed by atoms with van der Waals surface area (Å²) in [4.78, 5) is 26.7. The molecule has 1 fully saturated rings. The van der Waals surface area contributed by atoms with Crippen LogP contribution in [0.25, 0.3) is 0 Å². The Hall–Kier alpha value is -2.32. The Labute approximate surface area is 129 Å². The van der Waals surface area contributed by atoms with Gasteiger partial charge in [-0.3, -0.25) is 4.79 Å². The van der Waals surface area contributed by atoms with Gasteiger partial charge in [-0.2, -0.15) is 13.2 Å². The fourth-order valence-electron chi connectivity index (χ4n) is 1.91. The molecule has 1 aromatic rings. The van der Waals surface area contributed by atoms with E-state index >= 15 is 0 Å². The SMILES string of the molecule is O=C(NC(CC1CC1)C(=O)O)c1ccc(OCC(F)(F)F)nc1. The Morgan fingerprint density at radius 2 is 2.09 bits per heavy atom. The summed E-state index contributed by atoms with van der Waals surface area (Å²) in [7, 11) is 0. The van der Waals surface area contributed by atoms with Gasteiger partial charge in [-0.25, -0.2) is 9.78 Å². The average molecular weight is 332 g/mol. The summed E-state index contributed by atoms with van der Waals surface area (Å²) in [6.07, 6.45) is -1.17. The van der Waals surface area contributed by atoms with Crippen molar-refractivity contribution in [3.8, 4) is 5.88 Å². The third-order valence-electron chi connectivity index (χ3n) is 3.25. The Morgan fingerprint density at radius 3 is 2.57 bits per heavy atom. The van der Waals surface area contributed by atoms with Crippen LogP contribution in [-0.4, -0.2) is 40.8 Å². The van der Waals surface area contributed by atoms with E-state index in [1.807, 2.05) is 0 Å². The van der Waals surface area contributed by atoms with Gasteiger partial charge in [-0.05, 0) is 18.4 Å². The van der Waals surface area contributed by atoms with E-state index in [-0.39, 0.29) is 11.4 Å². The first kappa shape index (κ1) is 17.0. The Kier molecular flexibility index (Phi) is 5.07. The Morgan fingerprint density at radius 1 is 1.39 bits per heavy atom. The molecule has 1 amide bonds. The number of carbonyl (C=O) groups excluding carboxylic acids is 1. The smallest absolute Gasteiger partial charge is 0.422 e. The molecular formula is C14H15F3N2O4. The van der Waals surface area contributed by atoms with Gasteiger partial charge in [0.25, 0.3) is 5.91 Å². The van der Waals surface area contributed by atoms with Gasteiger partial charge in [-0.15, -0.1) is 0 Å². The average Bonchev–Trinajstić information content (AvgIpc) is 3.28. The van der Waals surface area contributed by atoms with Gasteiger partial charge in [0.05, 0.1) is 5.56 Å². The minimum Gasteiger partial charge on any atom is -0.480 e. The number of nitrogens with one attached hydrogen (secondary N) is 1. The van der Waals surface area contributed by atoms with Crippen molar-refractivity contribution in [3.05, 3.63) is 23.9 Å². The van der Waals surface area contributed by atoms with Crippen molar-refractivity contribution in [1.29, 1.82) is 0 Å². The Balaban J connectivity index is 1.92. The first-order chi connectivity index (χ1) is 10.7. The number of rotatable bonds is 7. The maximum Gasteiger partial charge on any atom is 0.422 e. The molecule has 1 aliphatic carbocycles. The minimum atomic E-state index is -4.48. The molecule has 6 nitrogen and oxygen atoms in total. The quantitative estimate of drug-likeness (QED) is 0.797. The van der Waals surface area contributed by atoms with E-state index in [4.69, 9.17) is 5.11 Å². The molecule has 0 bridgehead atoms. The summed E-state index contributed by atoms with van der Waals surface area (Å²) in [5.74, 6) is -1.73. The van der Waals surface area contributed by atoms with Crippen LogP contribution in [0, 0.1) is 5.92 Å². The number of aliphatic carboxylic acids is 1. The number of hydrogen-bond donors (Lipinski definition) is 2. The molecule has 2 rings (SSSR count). The number of carbonyl (C=O) groups is 2. The molecule has 1 atom stereocenters. The molecule has 0 radical (unpaired) electrons. The van der Waals surface area contributed by atoms with Gasteiger partial charge in [0.2, 0.25) is 5.88 Å². The number of amides is 1. The zero-order chi connectivity index (χ0) is 17.0. The van der Waals surface area contributed by atoms with E-state index in [0.717, 1.165) is 25.1 Å². The van der Waals surface area contributed by atoms with Crippen molar-refractivity contribution in [1.82, 2.24) is 10.3 Å². The van der Waals surface area contributed by atoms with Crippen molar-refractivity contribution in [2.45, 2.75) is 31.5 Å². The fraction of sp³-hybridized carbons (Fsp3) is 0.500. The fourth-order valence-corrected chi connectivity index (χ4v) is 1.91. The molecule has 0 spiro atoms. The number of nitrogens with zero attached hydrogens (tertiary/aromatic N) is 1. The monoisotopic (exact) mass is 332 g/mol. The van der Waals surface area contributed by atoms with Gasteiger partial charge in [-0.1, -0.05) is 12.8 Å². The second kappa shape index (κ2) is 6.84. The van der Waals surface area contributed by atoms with Crippen molar-refractivity contribution < 1.29 is 32.6 Å². The molecule has 1 heterocycles. The molecule has 2 N–H and O–H groups in total. The zero-order valence-corrected chi connectivity index (χ0v) is 12.0. The van der Waals surface area contributed by atoms with Crippen molar-refractivity contribution in [2.24, 2.45) is 5.92 Å². The lowest BCUT2D eigenvalue weighted by molar-refractivity contribution is -0.154. The lowest BCUT2D eigenvalue weighted by atomic mass is 10.1. The van der Waals surface area contributed by atoms with Crippen LogP contribution in [0.5, 0.6) is 5.88 Å².